The molecule has 5 heteroatoms. The van der Waals surface area contributed by atoms with E-state index < -0.39 is 5.97 Å². The molecule has 0 amide bonds. The van der Waals surface area contributed by atoms with Gasteiger partial charge in [-0.05, 0) is 25.0 Å². The van der Waals surface area contributed by atoms with Gasteiger partial charge >= 0.3 is 5.97 Å². The molecule has 1 aromatic rings. The predicted octanol–water partition coefficient (Wildman–Crippen LogP) is 1.35. The van der Waals surface area contributed by atoms with Crippen LogP contribution in [0, 0.1) is 5.92 Å². The molecule has 2 atom stereocenters. The zero-order valence-electron chi connectivity index (χ0n) is 9.47. The van der Waals surface area contributed by atoms with Crippen LogP contribution in [0.15, 0.2) is 18.3 Å². The van der Waals surface area contributed by atoms with Crippen LogP contribution in [0.4, 0.5) is 5.82 Å². The molecule has 3 N–H and O–H groups in total. The molecule has 2 unspecified atom stereocenters. The first kappa shape index (κ1) is 11.9. The van der Waals surface area contributed by atoms with Gasteiger partial charge in [-0.1, -0.05) is 6.42 Å². The van der Waals surface area contributed by atoms with E-state index in [2.05, 4.69) is 10.3 Å². The molecule has 1 fully saturated rings. The number of rotatable bonds is 4. The number of nitrogens with one attached hydrogen (secondary N) is 1. The third-order valence-electron chi connectivity index (χ3n) is 3.25. The molecule has 0 spiro atoms. The molecule has 1 aromatic heterocycles. The fourth-order valence-corrected chi connectivity index (χ4v) is 2.31. The highest BCUT2D eigenvalue weighted by Crippen LogP contribution is 2.28. The highest BCUT2D eigenvalue weighted by molar-refractivity contribution is 5.93. The van der Waals surface area contributed by atoms with Crippen LogP contribution in [0.5, 0.6) is 0 Å². The number of aliphatic hydroxyl groups is 1. The van der Waals surface area contributed by atoms with E-state index in [1.165, 1.54) is 6.07 Å². The highest BCUT2D eigenvalue weighted by Gasteiger charge is 2.27. The summed E-state index contributed by atoms with van der Waals surface area (Å²) in [5, 5.41) is 21.4. The Labute approximate surface area is 99.5 Å². The van der Waals surface area contributed by atoms with Crippen molar-refractivity contribution in [3.05, 3.63) is 23.9 Å². The molecule has 1 aliphatic rings. The van der Waals surface area contributed by atoms with Crippen LogP contribution in [-0.4, -0.2) is 33.8 Å². The topological polar surface area (TPSA) is 82.5 Å². The number of nitrogens with zero attached hydrogens (tertiary/aromatic N) is 1. The van der Waals surface area contributed by atoms with Crippen molar-refractivity contribution in [2.24, 2.45) is 5.92 Å². The number of pyridine rings is 1. The Morgan fingerprint density at radius 2 is 2.35 bits per heavy atom. The minimum Gasteiger partial charge on any atom is -0.478 e. The van der Waals surface area contributed by atoms with Gasteiger partial charge in [0.2, 0.25) is 0 Å². The van der Waals surface area contributed by atoms with E-state index >= 15 is 0 Å². The molecule has 1 saturated carbocycles. The van der Waals surface area contributed by atoms with E-state index in [1.54, 1.807) is 12.3 Å². The summed E-state index contributed by atoms with van der Waals surface area (Å²) in [7, 11) is 0. The van der Waals surface area contributed by atoms with E-state index in [-0.39, 0.29) is 24.1 Å². The molecular weight excluding hydrogens is 220 g/mol. The molecule has 0 radical (unpaired) electrons. The fraction of sp³-hybridized carbons (Fsp3) is 0.500. The normalized spacial score (nSPS) is 23.6. The summed E-state index contributed by atoms with van der Waals surface area (Å²) in [5.74, 6) is -0.400. The van der Waals surface area contributed by atoms with Crippen LogP contribution in [-0.2, 0) is 0 Å². The Balaban J connectivity index is 2.15. The molecule has 0 aromatic carbocycles. The first-order chi connectivity index (χ1) is 8.22. The van der Waals surface area contributed by atoms with E-state index in [0.29, 0.717) is 5.82 Å². The zero-order chi connectivity index (χ0) is 12.3. The second-order valence-electron chi connectivity index (χ2n) is 4.33. The maximum Gasteiger partial charge on any atom is 0.339 e. The summed E-state index contributed by atoms with van der Waals surface area (Å²) in [6.07, 6.45) is 4.54. The van der Waals surface area contributed by atoms with Crippen LogP contribution in [0.3, 0.4) is 0 Å². The van der Waals surface area contributed by atoms with Gasteiger partial charge in [-0.3, -0.25) is 0 Å². The Morgan fingerprint density at radius 1 is 1.53 bits per heavy atom. The van der Waals surface area contributed by atoms with Crippen molar-refractivity contribution in [2.45, 2.75) is 25.3 Å². The molecule has 92 valence electrons. The third kappa shape index (κ3) is 2.55. The number of aromatic carboxylic acids is 1. The Hall–Kier alpha value is -1.62. The summed E-state index contributed by atoms with van der Waals surface area (Å²) in [5.41, 5.74) is 0.177. The maximum absolute atomic E-state index is 11.0. The van der Waals surface area contributed by atoms with E-state index in [1.807, 2.05) is 0 Å². The predicted molar refractivity (Wildman–Crippen MR) is 63.0 cm³/mol. The van der Waals surface area contributed by atoms with Gasteiger partial charge in [0.05, 0.1) is 0 Å². The van der Waals surface area contributed by atoms with E-state index in [9.17, 15) is 9.90 Å². The van der Waals surface area contributed by atoms with Gasteiger partial charge < -0.3 is 15.5 Å². The first-order valence-corrected chi connectivity index (χ1v) is 5.78. The highest BCUT2D eigenvalue weighted by atomic mass is 16.4. The van der Waals surface area contributed by atoms with Crippen molar-refractivity contribution >= 4 is 11.8 Å². The van der Waals surface area contributed by atoms with Gasteiger partial charge in [-0.25, -0.2) is 9.78 Å². The average Bonchev–Trinajstić information content (AvgIpc) is 2.77. The van der Waals surface area contributed by atoms with Crippen LogP contribution >= 0.6 is 0 Å². The van der Waals surface area contributed by atoms with Gasteiger partial charge in [0.15, 0.2) is 0 Å². The van der Waals surface area contributed by atoms with E-state index in [0.717, 1.165) is 19.3 Å². The molecule has 2 rings (SSSR count). The van der Waals surface area contributed by atoms with E-state index in [4.69, 9.17) is 5.11 Å². The zero-order valence-corrected chi connectivity index (χ0v) is 9.47. The van der Waals surface area contributed by atoms with Crippen LogP contribution in [0.2, 0.25) is 0 Å². The third-order valence-corrected chi connectivity index (χ3v) is 3.25. The lowest BCUT2D eigenvalue weighted by molar-refractivity contribution is 0.0697. The number of carboxylic acid groups (broad SMARTS) is 1. The minimum absolute atomic E-state index is 0.119. The van der Waals surface area contributed by atoms with Crippen molar-refractivity contribution in [2.75, 3.05) is 11.9 Å². The number of hydrogen-bond donors (Lipinski definition) is 3. The van der Waals surface area contributed by atoms with Crippen molar-refractivity contribution in [3.8, 4) is 0 Å². The number of aromatic nitrogens is 1. The lowest BCUT2D eigenvalue weighted by atomic mass is 10.0. The Kier molecular flexibility index (Phi) is 3.58. The first-order valence-electron chi connectivity index (χ1n) is 5.78. The number of carbonyl (C=O) groups is 1. The number of carboxylic acids is 1. The molecule has 17 heavy (non-hydrogen) atoms. The second-order valence-corrected chi connectivity index (χ2v) is 4.33. The monoisotopic (exact) mass is 236 g/mol. The largest absolute Gasteiger partial charge is 0.478 e. The van der Waals surface area contributed by atoms with Crippen LogP contribution in [0.25, 0.3) is 0 Å². The van der Waals surface area contributed by atoms with Crippen molar-refractivity contribution in [1.82, 2.24) is 4.98 Å². The molecule has 0 bridgehead atoms. The molecule has 1 aliphatic carbocycles. The molecular formula is C12H16N2O3. The average molecular weight is 236 g/mol. The van der Waals surface area contributed by atoms with Gasteiger partial charge in [0.1, 0.15) is 11.4 Å². The van der Waals surface area contributed by atoms with Crippen LogP contribution in [0.1, 0.15) is 29.6 Å². The molecule has 5 nitrogen and oxygen atoms in total. The maximum atomic E-state index is 11.0. The lowest BCUT2D eigenvalue weighted by Gasteiger charge is -2.20. The SMILES string of the molecule is O=C(O)c1cccnc1NC1CCCC1CO. The molecule has 1 heterocycles. The van der Waals surface area contributed by atoms with Gasteiger partial charge in [-0.2, -0.15) is 0 Å². The van der Waals surface area contributed by atoms with Gasteiger partial charge in [-0.15, -0.1) is 0 Å². The molecule has 0 aliphatic heterocycles. The summed E-state index contributed by atoms with van der Waals surface area (Å²) >= 11 is 0. The second kappa shape index (κ2) is 5.14. The van der Waals surface area contributed by atoms with Crippen LogP contribution < -0.4 is 5.32 Å². The van der Waals surface area contributed by atoms with Crippen molar-refractivity contribution in [1.29, 1.82) is 0 Å². The van der Waals surface area contributed by atoms with Gasteiger partial charge in [0, 0.05) is 24.8 Å². The minimum atomic E-state index is -0.987. The summed E-state index contributed by atoms with van der Waals surface area (Å²) in [6.45, 7) is 0.132. The summed E-state index contributed by atoms with van der Waals surface area (Å²) < 4.78 is 0. The Morgan fingerprint density at radius 3 is 3.06 bits per heavy atom. The summed E-state index contributed by atoms with van der Waals surface area (Å²) in [6, 6.07) is 3.25. The number of hydrogen-bond acceptors (Lipinski definition) is 4. The lowest BCUT2D eigenvalue weighted by Crippen LogP contribution is -2.27. The number of aliphatic hydroxyl groups excluding tert-OH is 1. The van der Waals surface area contributed by atoms with Gasteiger partial charge in [0.25, 0.3) is 0 Å². The number of anilines is 1. The smallest absolute Gasteiger partial charge is 0.339 e. The molecule has 0 saturated heterocycles. The quantitative estimate of drug-likeness (QED) is 0.735. The summed E-state index contributed by atoms with van der Waals surface area (Å²) in [4.78, 5) is 15.1. The fourth-order valence-electron chi connectivity index (χ4n) is 2.31. The standard InChI is InChI=1S/C12H16N2O3/c15-7-8-3-1-5-10(8)14-11-9(12(16)17)4-2-6-13-11/h2,4,6,8,10,15H,1,3,5,7H2,(H,13,14)(H,16,17). The van der Waals surface area contributed by atoms with Crippen molar-refractivity contribution in [3.63, 3.8) is 0 Å². The van der Waals surface area contributed by atoms with Crippen molar-refractivity contribution < 1.29 is 15.0 Å². The Bertz CT molecular complexity index is 408.